The highest BCUT2D eigenvalue weighted by Crippen LogP contribution is 2.14. The molecular formula is C42H85NO5. The Labute approximate surface area is 300 Å². The summed E-state index contributed by atoms with van der Waals surface area (Å²) in [6.45, 7) is 11.1. The first-order valence-corrected chi connectivity index (χ1v) is 21.1. The van der Waals surface area contributed by atoms with E-state index in [-0.39, 0.29) is 18.1 Å². The molecule has 0 saturated heterocycles. The van der Waals surface area contributed by atoms with Gasteiger partial charge in [-0.1, -0.05) is 181 Å². The third-order valence-corrected chi connectivity index (χ3v) is 9.62. The van der Waals surface area contributed by atoms with Crippen molar-refractivity contribution in [3.63, 3.8) is 0 Å². The van der Waals surface area contributed by atoms with E-state index in [1.54, 1.807) is 14.0 Å². The van der Waals surface area contributed by atoms with E-state index >= 15 is 0 Å². The van der Waals surface area contributed by atoms with Gasteiger partial charge in [-0.2, -0.15) is 0 Å². The van der Waals surface area contributed by atoms with Crippen LogP contribution in [0.15, 0.2) is 0 Å². The highest BCUT2D eigenvalue weighted by atomic mass is 16.5. The molecule has 1 N–H and O–H groups in total. The topological polar surface area (TPSA) is 66.0 Å². The largest absolute Gasteiger partial charge is 0.379 e. The van der Waals surface area contributed by atoms with E-state index in [0.717, 1.165) is 26.1 Å². The highest BCUT2D eigenvalue weighted by Gasteiger charge is 2.19. The number of ether oxygens (including phenoxy) is 4. The second-order valence-electron chi connectivity index (χ2n) is 14.6. The van der Waals surface area contributed by atoms with E-state index in [2.05, 4.69) is 19.2 Å². The lowest BCUT2D eigenvalue weighted by Crippen LogP contribution is -2.46. The van der Waals surface area contributed by atoms with Crippen molar-refractivity contribution < 1.29 is 23.7 Å². The van der Waals surface area contributed by atoms with Gasteiger partial charge in [0.2, 0.25) is 5.91 Å². The molecule has 0 aliphatic carbocycles. The van der Waals surface area contributed by atoms with Crippen molar-refractivity contribution in [1.82, 2.24) is 5.32 Å². The quantitative estimate of drug-likeness (QED) is 0.0651. The van der Waals surface area contributed by atoms with Crippen molar-refractivity contribution in [2.24, 2.45) is 0 Å². The monoisotopic (exact) mass is 684 g/mol. The van der Waals surface area contributed by atoms with Gasteiger partial charge in [-0.25, -0.2) is 0 Å². The minimum atomic E-state index is -0.540. The molecule has 0 spiro atoms. The Balaban J connectivity index is 4.03. The third kappa shape index (κ3) is 35.1. The number of rotatable bonds is 40. The summed E-state index contributed by atoms with van der Waals surface area (Å²) in [5, 5.41) is 3.11. The number of carbonyl (C=O) groups is 1. The molecule has 0 bridgehead atoms. The number of amides is 1. The SMILES string of the molecule is CCCCCCCCCCCCCCCCOCC(COCCCCCCCCCCCCCCCC)NC(=O)C(C)OCC(C)OC. The van der Waals surface area contributed by atoms with Crippen molar-refractivity contribution in [1.29, 1.82) is 0 Å². The fourth-order valence-electron chi connectivity index (χ4n) is 6.12. The molecule has 0 rings (SSSR count). The molecule has 0 radical (unpaired) electrons. The van der Waals surface area contributed by atoms with Crippen molar-refractivity contribution >= 4 is 5.91 Å². The van der Waals surface area contributed by atoms with Crippen LogP contribution in [-0.2, 0) is 23.7 Å². The van der Waals surface area contributed by atoms with Gasteiger partial charge in [0, 0.05) is 20.3 Å². The van der Waals surface area contributed by atoms with E-state index < -0.39 is 6.10 Å². The average Bonchev–Trinajstić information content (AvgIpc) is 3.09. The molecule has 0 aromatic rings. The van der Waals surface area contributed by atoms with Crippen molar-refractivity contribution in [2.75, 3.05) is 40.1 Å². The van der Waals surface area contributed by atoms with Crippen LogP contribution in [0.25, 0.3) is 0 Å². The van der Waals surface area contributed by atoms with Crippen molar-refractivity contribution in [2.45, 2.75) is 226 Å². The molecule has 0 aromatic carbocycles. The Kier molecular flexibility index (Phi) is 38.5. The summed E-state index contributed by atoms with van der Waals surface area (Å²) in [5.74, 6) is -0.122. The first kappa shape index (κ1) is 47.3. The second-order valence-corrected chi connectivity index (χ2v) is 14.6. The molecule has 288 valence electrons. The lowest BCUT2D eigenvalue weighted by Gasteiger charge is -2.22. The van der Waals surface area contributed by atoms with Gasteiger partial charge in [0.15, 0.2) is 0 Å². The maximum absolute atomic E-state index is 12.8. The summed E-state index contributed by atoms with van der Waals surface area (Å²) in [5.41, 5.74) is 0. The molecule has 0 aromatic heterocycles. The maximum atomic E-state index is 12.8. The van der Waals surface area contributed by atoms with Gasteiger partial charge in [-0.05, 0) is 26.7 Å². The molecule has 48 heavy (non-hydrogen) atoms. The Hall–Kier alpha value is -0.690. The number of unbranched alkanes of at least 4 members (excludes halogenated alkanes) is 26. The molecule has 0 aliphatic rings. The molecule has 0 aliphatic heterocycles. The number of carbonyl (C=O) groups excluding carboxylic acids is 1. The summed E-state index contributed by atoms with van der Waals surface area (Å²) in [6, 6.07) is -0.165. The minimum Gasteiger partial charge on any atom is -0.379 e. The van der Waals surface area contributed by atoms with Crippen LogP contribution in [0.5, 0.6) is 0 Å². The molecule has 2 atom stereocenters. The average molecular weight is 684 g/mol. The van der Waals surface area contributed by atoms with Crippen LogP contribution in [0.3, 0.4) is 0 Å². The second kappa shape index (κ2) is 39.1. The van der Waals surface area contributed by atoms with Crippen molar-refractivity contribution in [3.05, 3.63) is 0 Å². The Morgan fingerprint density at radius 2 is 0.792 bits per heavy atom. The van der Waals surface area contributed by atoms with Gasteiger partial charge in [0.05, 0.1) is 32.0 Å². The Morgan fingerprint density at radius 1 is 0.479 bits per heavy atom. The zero-order valence-electron chi connectivity index (χ0n) is 33.1. The minimum absolute atomic E-state index is 0.0436. The Morgan fingerprint density at radius 3 is 1.10 bits per heavy atom. The first-order chi connectivity index (χ1) is 23.5. The van der Waals surface area contributed by atoms with Gasteiger partial charge in [0.25, 0.3) is 0 Å². The van der Waals surface area contributed by atoms with Crippen LogP contribution in [0.1, 0.15) is 207 Å². The van der Waals surface area contributed by atoms with Crippen LogP contribution in [-0.4, -0.2) is 64.3 Å². The zero-order chi connectivity index (χ0) is 35.2. The first-order valence-electron chi connectivity index (χ1n) is 21.1. The standard InChI is InChI=1S/C42H85NO5/c1-6-8-10-12-14-16-18-20-22-24-26-28-30-32-34-46-37-41(43-42(44)40(4)48-36-39(3)45-5)38-47-35-33-31-29-27-25-23-21-19-17-15-13-11-9-7-2/h39-41H,6-38H2,1-5H3,(H,43,44). The fraction of sp³-hybridized carbons (Fsp3) is 0.976. The van der Waals surface area contributed by atoms with Crippen LogP contribution >= 0.6 is 0 Å². The molecular weight excluding hydrogens is 598 g/mol. The summed E-state index contributed by atoms with van der Waals surface area (Å²) >= 11 is 0. The molecule has 6 nitrogen and oxygen atoms in total. The molecule has 0 heterocycles. The third-order valence-electron chi connectivity index (χ3n) is 9.62. The smallest absolute Gasteiger partial charge is 0.249 e. The van der Waals surface area contributed by atoms with Gasteiger partial charge in [0.1, 0.15) is 6.10 Å². The van der Waals surface area contributed by atoms with E-state index in [0.29, 0.717) is 19.8 Å². The van der Waals surface area contributed by atoms with E-state index in [9.17, 15) is 4.79 Å². The van der Waals surface area contributed by atoms with Crippen molar-refractivity contribution in [3.8, 4) is 0 Å². The lowest BCUT2D eigenvalue weighted by atomic mass is 10.0. The van der Waals surface area contributed by atoms with E-state index in [4.69, 9.17) is 18.9 Å². The number of nitrogens with one attached hydrogen (secondary N) is 1. The van der Waals surface area contributed by atoms with E-state index in [1.165, 1.54) is 167 Å². The van der Waals surface area contributed by atoms with Gasteiger partial charge < -0.3 is 24.3 Å². The van der Waals surface area contributed by atoms with Crippen LogP contribution in [0.4, 0.5) is 0 Å². The van der Waals surface area contributed by atoms with Gasteiger partial charge >= 0.3 is 0 Å². The predicted molar refractivity (Wildman–Crippen MR) is 206 cm³/mol. The summed E-state index contributed by atoms with van der Waals surface area (Å²) in [6.07, 6.45) is 37.3. The zero-order valence-corrected chi connectivity index (χ0v) is 33.1. The van der Waals surface area contributed by atoms with Crippen LogP contribution in [0.2, 0.25) is 0 Å². The van der Waals surface area contributed by atoms with Gasteiger partial charge in [-0.3, -0.25) is 4.79 Å². The van der Waals surface area contributed by atoms with Crippen LogP contribution in [0, 0.1) is 0 Å². The maximum Gasteiger partial charge on any atom is 0.249 e. The predicted octanol–water partition coefficient (Wildman–Crippen LogP) is 11.9. The molecule has 0 fully saturated rings. The van der Waals surface area contributed by atoms with Gasteiger partial charge in [-0.15, -0.1) is 0 Å². The normalized spacial score (nSPS) is 13.0. The summed E-state index contributed by atoms with van der Waals surface area (Å²) < 4.78 is 23.0. The van der Waals surface area contributed by atoms with Crippen LogP contribution < -0.4 is 5.32 Å². The molecule has 0 saturated carbocycles. The number of methoxy groups -OCH3 is 1. The number of hydrogen-bond donors (Lipinski definition) is 1. The molecule has 1 amide bonds. The summed E-state index contributed by atoms with van der Waals surface area (Å²) in [7, 11) is 1.65. The highest BCUT2D eigenvalue weighted by molar-refractivity contribution is 5.80. The number of hydrogen-bond acceptors (Lipinski definition) is 5. The lowest BCUT2D eigenvalue weighted by molar-refractivity contribution is -0.135. The Bertz CT molecular complexity index is 597. The fourth-order valence-corrected chi connectivity index (χ4v) is 6.12. The molecule has 6 heteroatoms. The molecule has 2 unspecified atom stereocenters. The summed E-state index contributed by atoms with van der Waals surface area (Å²) in [4.78, 5) is 12.8. The van der Waals surface area contributed by atoms with E-state index in [1.807, 2.05) is 6.92 Å².